The quantitative estimate of drug-likeness (QED) is 0.0117. The molecule has 6 amide bonds. The molecular formula is C74H108N6O18S. The molecule has 1 fully saturated rings. The Balaban J connectivity index is -0.000000547. The Kier molecular flexibility index (Phi) is 60.6. The molecule has 0 bridgehead atoms. The van der Waals surface area contributed by atoms with Crippen molar-refractivity contribution in [2.24, 2.45) is 0 Å². The van der Waals surface area contributed by atoms with Crippen LogP contribution in [0, 0.1) is 0 Å². The molecule has 25 heteroatoms. The van der Waals surface area contributed by atoms with E-state index in [1.165, 1.54) is 36.5 Å². The van der Waals surface area contributed by atoms with Crippen LogP contribution in [0.2, 0.25) is 0 Å². The maximum absolute atomic E-state index is 11.3. The number of nitrogens with one attached hydrogen (secondary N) is 6. The van der Waals surface area contributed by atoms with Crippen LogP contribution in [0.15, 0.2) is 173 Å². The number of hydrogen-bond acceptors (Lipinski definition) is 19. The first-order valence-electron chi connectivity index (χ1n) is 32.1. The number of rotatable bonds is 41. The summed E-state index contributed by atoms with van der Waals surface area (Å²) >= 11 is 1.60. The van der Waals surface area contributed by atoms with Crippen LogP contribution in [0.5, 0.6) is 5.75 Å². The van der Waals surface area contributed by atoms with Gasteiger partial charge in [0.05, 0.1) is 19.8 Å². The summed E-state index contributed by atoms with van der Waals surface area (Å²) in [6.45, 7) is 54.9. The number of unbranched alkanes of at least 4 members (excludes halogenated alkanes) is 7. The number of thioether (sulfide) groups is 1. The van der Waals surface area contributed by atoms with Gasteiger partial charge in [0, 0.05) is 82.9 Å². The zero-order valence-corrected chi connectivity index (χ0v) is 60.0. The number of ether oxygens (including phenoxy) is 6. The van der Waals surface area contributed by atoms with Crippen LogP contribution in [0.4, 0.5) is 5.69 Å². The van der Waals surface area contributed by atoms with Crippen LogP contribution in [-0.2, 0) is 81.2 Å². The summed E-state index contributed by atoms with van der Waals surface area (Å²) in [6, 6.07) is 6.59. The summed E-state index contributed by atoms with van der Waals surface area (Å²) < 4.78 is 29.9. The lowest BCUT2D eigenvalue weighted by Crippen LogP contribution is -2.38. The van der Waals surface area contributed by atoms with E-state index < -0.39 is 5.97 Å². The Bertz CT molecular complexity index is 2740. The van der Waals surface area contributed by atoms with Gasteiger partial charge in [0.15, 0.2) is 0 Å². The number of benzene rings is 1. The van der Waals surface area contributed by atoms with Gasteiger partial charge in [-0.05, 0) is 186 Å². The van der Waals surface area contributed by atoms with Crippen molar-refractivity contribution in [1.82, 2.24) is 26.6 Å². The van der Waals surface area contributed by atoms with E-state index in [0.29, 0.717) is 103 Å². The van der Waals surface area contributed by atoms with Gasteiger partial charge in [-0.3, -0.25) is 28.8 Å². The molecule has 0 heterocycles. The molecule has 0 atom stereocenters. The van der Waals surface area contributed by atoms with E-state index in [1.807, 2.05) is 0 Å². The molecule has 2 rings (SSSR count). The molecule has 0 spiro atoms. The van der Waals surface area contributed by atoms with E-state index in [1.54, 1.807) is 77.6 Å². The van der Waals surface area contributed by atoms with Gasteiger partial charge in [0.1, 0.15) is 18.5 Å². The monoisotopic (exact) mass is 1400 g/mol. The third kappa shape index (κ3) is 61.4. The number of esters is 6. The number of carbonyl (C=O) groups is 12. The average Bonchev–Trinajstić information content (AvgIpc) is 0.946. The van der Waals surface area contributed by atoms with Gasteiger partial charge >= 0.3 is 35.8 Å². The Labute approximate surface area is 590 Å². The second-order valence-corrected chi connectivity index (χ2v) is 22.8. The molecular weight excluding hydrogens is 1290 g/mol. The average molecular weight is 1400 g/mol. The van der Waals surface area contributed by atoms with Crippen molar-refractivity contribution < 1.29 is 86.0 Å². The molecule has 548 valence electrons. The second-order valence-electron chi connectivity index (χ2n) is 21.6. The van der Waals surface area contributed by atoms with Crippen molar-refractivity contribution in [2.75, 3.05) is 69.4 Å². The lowest BCUT2D eigenvalue weighted by atomic mass is 9.93. The largest absolute Gasteiger partial charge is 0.462 e. The van der Waals surface area contributed by atoms with Gasteiger partial charge in [-0.25, -0.2) is 28.8 Å². The molecule has 0 aromatic heterocycles. The lowest BCUT2D eigenvalue weighted by Gasteiger charge is -2.28. The van der Waals surface area contributed by atoms with Crippen molar-refractivity contribution in [1.29, 1.82) is 0 Å². The topological polar surface area (TPSA) is 332 Å². The third-order valence-electron chi connectivity index (χ3n) is 12.1. The molecule has 6 N–H and O–H groups in total. The zero-order valence-electron chi connectivity index (χ0n) is 59.1. The first kappa shape index (κ1) is 95.5. The highest BCUT2D eigenvalue weighted by molar-refractivity contribution is 7.99. The molecule has 1 aromatic carbocycles. The summed E-state index contributed by atoms with van der Waals surface area (Å²) in [7, 11) is 0. The number of hydrogen-bond donors (Lipinski definition) is 6. The summed E-state index contributed by atoms with van der Waals surface area (Å²) in [5.41, 5.74) is 3.02. The minimum absolute atomic E-state index is 0.0453. The number of anilines is 1. The van der Waals surface area contributed by atoms with E-state index in [0.717, 1.165) is 95.6 Å². The van der Waals surface area contributed by atoms with E-state index in [-0.39, 0.29) is 77.4 Å². The summed E-state index contributed by atoms with van der Waals surface area (Å²) in [4.78, 5) is 132. The van der Waals surface area contributed by atoms with Crippen LogP contribution in [0.1, 0.15) is 131 Å². The Morgan fingerprint density at radius 1 is 0.384 bits per heavy atom. The highest BCUT2D eigenvalue weighted by atomic mass is 32.2. The summed E-state index contributed by atoms with van der Waals surface area (Å²) in [5.74, 6) is -1.37. The van der Waals surface area contributed by atoms with E-state index in [4.69, 9.17) is 28.4 Å². The Morgan fingerprint density at radius 2 is 0.707 bits per heavy atom. The normalized spacial score (nSPS) is 11.8. The van der Waals surface area contributed by atoms with Crippen LogP contribution in [0.3, 0.4) is 0 Å². The standard InChI is InChI=1S/C13H19NO3.C13H13NO3.C13H21NO3.2C12H19NO3.C11H17NO3S/c2*1-4-12(15)14-10-5-7-11(8-6-10)17-13(16)9(2)3;1-4-12(15)14-9-7-5-6-8-10-17-13(16)11(2)3;2*1-4-11(14)13-8-6-5-7-9-16-12(15)10(2)3;1-4-10(13)12-5-7-16-8-6-15-11(14)9(2)3/h4,10-11H,1-2,5-8H2,3H3,(H,14,15);4-8H,1-2H2,3H3,(H,14,15);4H,1-2,5-10H2,3H3,(H,14,15);2*4H,1-2,5-9H2,3H3,(H,13,14);4H,1-2,5-8H2,3H3,(H,12,13). The number of amides is 6. The predicted octanol–water partition coefficient (Wildman–Crippen LogP) is 10.3. The van der Waals surface area contributed by atoms with Gasteiger partial charge in [0.25, 0.3) is 0 Å². The highest BCUT2D eigenvalue weighted by Gasteiger charge is 2.24. The Hall–Kier alpha value is -9.91. The fourth-order valence-corrected chi connectivity index (χ4v) is 7.32. The molecule has 1 saturated carbocycles. The van der Waals surface area contributed by atoms with E-state index in [2.05, 4.69) is 111 Å². The summed E-state index contributed by atoms with van der Waals surface area (Å²) in [6.07, 6.45) is 19.5. The fraction of sp³-hybridized carbons (Fsp3) is 0.432. The molecule has 0 unspecified atom stereocenters. The van der Waals surface area contributed by atoms with Crippen LogP contribution in [0.25, 0.3) is 0 Å². The van der Waals surface area contributed by atoms with Gasteiger partial charge in [-0.2, -0.15) is 11.8 Å². The SMILES string of the molecule is C=CC(=O)NC1CCC(OC(=O)C(=C)C)CC1.C=CC(=O)NCCCCCCOC(=O)C(=C)C.C=CC(=O)NCCCCCOC(=O)C(=C)C.C=CC(=O)NCCCCCOC(=O)C(=C)C.C=CC(=O)NCCSCCOC(=O)C(=C)C.C=CC(=O)Nc1ccc(OC(=O)C(=C)C)cc1. The van der Waals surface area contributed by atoms with Crippen molar-refractivity contribution in [3.8, 4) is 5.75 Å². The molecule has 0 saturated heterocycles. The third-order valence-corrected chi connectivity index (χ3v) is 13.1. The molecule has 99 heavy (non-hydrogen) atoms. The first-order valence-corrected chi connectivity index (χ1v) is 33.2. The zero-order chi connectivity index (χ0) is 75.9. The van der Waals surface area contributed by atoms with Crippen molar-refractivity contribution in [3.05, 3.63) is 173 Å². The molecule has 24 nitrogen and oxygen atoms in total. The lowest BCUT2D eigenvalue weighted by molar-refractivity contribution is -0.146. The summed E-state index contributed by atoms with van der Waals surface area (Å²) in [5, 5.41) is 16.1. The minimum Gasteiger partial charge on any atom is -0.462 e. The van der Waals surface area contributed by atoms with Crippen molar-refractivity contribution in [2.45, 2.75) is 144 Å². The van der Waals surface area contributed by atoms with Crippen LogP contribution < -0.4 is 36.6 Å². The molecule has 1 aromatic rings. The van der Waals surface area contributed by atoms with Crippen molar-refractivity contribution >= 4 is 88.7 Å². The second kappa shape index (κ2) is 62.9. The molecule has 0 radical (unpaired) electrons. The van der Waals surface area contributed by atoms with Crippen LogP contribution >= 0.6 is 11.8 Å². The van der Waals surface area contributed by atoms with Gasteiger partial charge < -0.3 is 60.3 Å². The van der Waals surface area contributed by atoms with Gasteiger partial charge in [-0.15, -0.1) is 0 Å². The predicted molar refractivity (Wildman–Crippen MR) is 390 cm³/mol. The maximum Gasteiger partial charge on any atom is 0.338 e. The number of carbonyl (C=O) groups excluding carboxylic acids is 12. The highest BCUT2D eigenvalue weighted by Crippen LogP contribution is 2.22. The smallest absolute Gasteiger partial charge is 0.338 e. The van der Waals surface area contributed by atoms with E-state index >= 15 is 0 Å². The minimum atomic E-state index is -0.479. The van der Waals surface area contributed by atoms with Gasteiger partial charge in [-0.1, -0.05) is 85.4 Å². The van der Waals surface area contributed by atoms with Crippen LogP contribution in [-0.4, -0.2) is 148 Å². The maximum atomic E-state index is 11.3. The van der Waals surface area contributed by atoms with E-state index in [9.17, 15) is 57.5 Å². The molecule has 0 aliphatic heterocycles. The Morgan fingerprint density at radius 3 is 1.05 bits per heavy atom. The van der Waals surface area contributed by atoms with Gasteiger partial charge in [0.2, 0.25) is 35.4 Å². The molecule has 1 aliphatic rings. The first-order chi connectivity index (χ1) is 46.8. The fourth-order valence-electron chi connectivity index (χ4n) is 6.67. The molecule has 1 aliphatic carbocycles. The van der Waals surface area contributed by atoms with Crippen molar-refractivity contribution in [3.63, 3.8) is 0 Å².